The predicted octanol–water partition coefficient (Wildman–Crippen LogP) is 3.45. The summed E-state index contributed by atoms with van der Waals surface area (Å²) >= 11 is 0. The first-order chi connectivity index (χ1) is 12.0. The van der Waals surface area contributed by atoms with Gasteiger partial charge in [0.2, 0.25) is 5.91 Å². The summed E-state index contributed by atoms with van der Waals surface area (Å²) in [6.07, 6.45) is 0.132. The zero-order valence-electron chi connectivity index (χ0n) is 14.7. The summed E-state index contributed by atoms with van der Waals surface area (Å²) in [5.74, 6) is 0.0652. The number of carbonyl (C=O) groups excluding carboxylic acids is 2. The van der Waals surface area contributed by atoms with Gasteiger partial charge in [-0.05, 0) is 44.5 Å². The number of amides is 2. The minimum atomic E-state index is -0.566. The highest BCUT2D eigenvalue weighted by atomic mass is 16.5. The molecule has 1 fully saturated rings. The largest absolute Gasteiger partial charge is 0.492 e. The van der Waals surface area contributed by atoms with E-state index in [1.165, 1.54) is 4.90 Å². The van der Waals surface area contributed by atoms with Crippen molar-refractivity contribution in [3.8, 4) is 5.75 Å². The Bertz CT molecular complexity index is 816. The van der Waals surface area contributed by atoms with Gasteiger partial charge in [0, 0.05) is 5.69 Å². The number of hydrogen-bond acceptors (Lipinski definition) is 4. The van der Waals surface area contributed by atoms with Crippen molar-refractivity contribution in [2.45, 2.75) is 33.2 Å². The molecule has 25 heavy (non-hydrogen) atoms. The van der Waals surface area contributed by atoms with Crippen molar-refractivity contribution in [2.24, 2.45) is 0 Å². The molecule has 0 radical (unpaired) electrons. The van der Waals surface area contributed by atoms with Gasteiger partial charge in [0.15, 0.2) is 0 Å². The summed E-state index contributed by atoms with van der Waals surface area (Å²) in [5.41, 5.74) is 3.58. The molecule has 2 amide bonds. The first kappa shape index (κ1) is 17.0. The van der Waals surface area contributed by atoms with Gasteiger partial charge < -0.3 is 10.1 Å². The molecule has 130 valence electrons. The molecule has 1 unspecified atom stereocenters. The van der Waals surface area contributed by atoms with Crippen LogP contribution < -0.4 is 15.0 Å². The molecule has 2 aromatic carbocycles. The standard InChI is InChI=1S/C20H22N2O3/c1-4-25-18-8-6-5-7-17(18)22-19(23)12-16(20(22)24)21-15-10-9-13(2)11-14(15)3/h5-11,16,21H,4,12H2,1-3H3. The summed E-state index contributed by atoms with van der Waals surface area (Å²) in [4.78, 5) is 26.6. The van der Waals surface area contributed by atoms with E-state index in [0.717, 1.165) is 16.8 Å². The molecule has 0 aromatic heterocycles. The minimum absolute atomic E-state index is 0.132. The molecule has 1 heterocycles. The lowest BCUT2D eigenvalue weighted by Crippen LogP contribution is -2.35. The highest BCUT2D eigenvalue weighted by molar-refractivity contribution is 6.23. The molecule has 0 bridgehead atoms. The molecular formula is C20H22N2O3. The van der Waals surface area contributed by atoms with Gasteiger partial charge in [-0.25, -0.2) is 4.90 Å². The number of imide groups is 1. The summed E-state index contributed by atoms with van der Waals surface area (Å²) in [6, 6.07) is 12.5. The van der Waals surface area contributed by atoms with Crippen LogP contribution in [0, 0.1) is 13.8 Å². The zero-order valence-corrected chi connectivity index (χ0v) is 14.7. The monoisotopic (exact) mass is 338 g/mol. The summed E-state index contributed by atoms with van der Waals surface area (Å²) < 4.78 is 5.57. The summed E-state index contributed by atoms with van der Waals surface area (Å²) in [5, 5.41) is 3.21. The molecule has 0 spiro atoms. The Balaban J connectivity index is 1.85. The van der Waals surface area contributed by atoms with Crippen LogP contribution in [0.4, 0.5) is 11.4 Å². The van der Waals surface area contributed by atoms with Crippen LogP contribution in [-0.4, -0.2) is 24.5 Å². The van der Waals surface area contributed by atoms with E-state index in [1.807, 2.05) is 45.0 Å². The number of benzene rings is 2. The van der Waals surface area contributed by atoms with E-state index in [0.29, 0.717) is 18.0 Å². The Morgan fingerprint density at radius 1 is 1.16 bits per heavy atom. The van der Waals surface area contributed by atoms with Gasteiger partial charge in [-0.1, -0.05) is 29.8 Å². The maximum atomic E-state index is 12.8. The summed E-state index contributed by atoms with van der Waals surface area (Å²) in [7, 11) is 0. The van der Waals surface area contributed by atoms with E-state index < -0.39 is 6.04 Å². The lowest BCUT2D eigenvalue weighted by Gasteiger charge is -2.19. The predicted molar refractivity (Wildman–Crippen MR) is 98.0 cm³/mol. The molecule has 0 saturated carbocycles. The molecule has 2 aromatic rings. The van der Waals surface area contributed by atoms with Crippen molar-refractivity contribution in [3.63, 3.8) is 0 Å². The molecule has 3 rings (SSSR count). The van der Waals surface area contributed by atoms with Crippen LogP contribution in [0.5, 0.6) is 5.75 Å². The highest BCUT2D eigenvalue weighted by Crippen LogP contribution is 2.33. The van der Waals surface area contributed by atoms with Gasteiger partial charge in [-0.3, -0.25) is 9.59 Å². The number of anilines is 2. The van der Waals surface area contributed by atoms with Gasteiger partial charge in [0.1, 0.15) is 11.8 Å². The molecule has 1 aliphatic heterocycles. The van der Waals surface area contributed by atoms with Gasteiger partial charge >= 0.3 is 0 Å². The Morgan fingerprint density at radius 3 is 2.64 bits per heavy atom. The van der Waals surface area contributed by atoms with Gasteiger partial charge in [-0.15, -0.1) is 0 Å². The average molecular weight is 338 g/mol. The van der Waals surface area contributed by atoms with Crippen molar-refractivity contribution in [3.05, 3.63) is 53.6 Å². The molecule has 1 saturated heterocycles. The number of ether oxygens (including phenoxy) is 1. The first-order valence-electron chi connectivity index (χ1n) is 8.43. The second-order valence-corrected chi connectivity index (χ2v) is 6.19. The van der Waals surface area contributed by atoms with Crippen LogP contribution in [0.15, 0.2) is 42.5 Å². The van der Waals surface area contributed by atoms with Crippen LogP contribution in [-0.2, 0) is 9.59 Å². The third-order valence-electron chi connectivity index (χ3n) is 4.26. The lowest BCUT2D eigenvalue weighted by atomic mass is 10.1. The van der Waals surface area contributed by atoms with Gasteiger partial charge in [-0.2, -0.15) is 0 Å². The number of para-hydroxylation sites is 2. The fraction of sp³-hybridized carbons (Fsp3) is 0.300. The number of nitrogens with zero attached hydrogens (tertiary/aromatic N) is 1. The second-order valence-electron chi connectivity index (χ2n) is 6.19. The second kappa shape index (κ2) is 6.97. The maximum absolute atomic E-state index is 12.8. The quantitative estimate of drug-likeness (QED) is 0.849. The van der Waals surface area contributed by atoms with E-state index >= 15 is 0 Å². The van der Waals surface area contributed by atoms with E-state index in [1.54, 1.807) is 18.2 Å². The normalized spacial score (nSPS) is 17.1. The fourth-order valence-corrected chi connectivity index (χ4v) is 3.08. The Hall–Kier alpha value is -2.82. The van der Waals surface area contributed by atoms with E-state index in [2.05, 4.69) is 5.32 Å². The Kier molecular flexibility index (Phi) is 4.74. The zero-order chi connectivity index (χ0) is 18.0. The van der Waals surface area contributed by atoms with E-state index in [-0.39, 0.29) is 18.2 Å². The molecule has 5 nitrogen and oxygen atoms in total. The third-order valence-corrected chi connectivity index (χ3v) is 4.26. The van der Waals surface area contributed by atoms with Crippen LogP contribution in [0.3, 0.4) is 0 Å². The van der Waals surface area contributed by atoms with Gasteiger partial charge in [0.25, 0.3) is 5.91 Å². The Morgan fingerprint density at radius 2 is 1.92 bits per heavy atom. The molecule has 1 atom stereocenters. The summed E-state index contributed by atoms with van der Waals surface area (Å²) in [6.45, 7) is 6.35. The number of nitrogens with one attached hydrogen (secondary N) is 1. The van der Waals surface area contributed by atoms with Crippen molar-refractivity contribution >= 4 is 23.2 Å². The van der Waals surface area contributed by atoms with E-state index in [9.17, 15) is 9.59 Å². The smallest absolute Gasteiger partial charge is 0.256 e. The average Bonchev–Trinajstić information content (AvgIpc) is 2.85. The highest BCUT2D eigenvalue weighted by Gasteiger charge is 2.40. The number of hydrogen-bond donors (Lipinski definition) is 1. The third kappa shape index (κ3) is 3.36. The first-order valence-corrected chi connectivity index (χ1v) is 8.43. The molecule has 5 heteroatoms. The topological polar surface area (TPSA) is 58.6 Å². The van der Waals surface area contributed by atoms with Crippen molar-refractivity contribution < 1.29 is 14.3 Å². The fourth-order valence-electron chi connectivity index (χ4n) is 3.08. The molecule has 1 N–H and O–H groups in total. The van der Waals surface area contributed by atoms with Crippen LogP contribution in [0.25, 0.3) is 0 Å². The molecule has 1 aliphatic rings. The van der Waals surface area contributed by atoms with Crippen LogP contribution >= 0.6 is 0 Å². The van der Waals surface area contributed by atoms with Crippen molar-refractivity contribution in [1.29, 1.82) is 0 Å². The number of aryl methyl sites for hydroxylation is 2. The van der Waals surface area contributed by atoms with Crippen LogP contribution in [0.2, 0.25) is 0 Å². The van der Waals surface area contributed by atoms with Crippen molar-refractivity contribution in [2.75, 3.05) is 16.8 Å². The van der Waals surface area contributed by atoms with Crippen LogP contribution in [0.1, 0.15) is 24.5 Å². The maximum Gasteiger partial charge on any atom is 0.256 e. The van der Waals surface area contributed by atoms with Gasteiger partial charge in [0.05, 0.1) is 18.7 Å². The number of rotatable bonds is 5. The molecule has 0 aliphatic carbocycles. The number of carbonyl (C=O) groups is 2. The van der Waals surface area contributed by atoms with Crippen molar-refractivity contribution in [1.82, 2.24) is 0 Å². The lowest BCUT2D eigenvalue weighted by molar-refractivity contribution is -0.121. The minimum Gasteiger partial charge on any atom is -0.492 e. The Labute approximate surface area is 147 Å². The molecular weight excluding hydrogens is 316 g/mol. The van der Waals surface area contributed by atoms with E-state index in [4.69, 9.17) is 4.74 Å². The SMILES string of the molecule is CCOc1ccccc1N1C(=O)CC(Nc2ccc(C)cc2C)C1=O.